The van der Waals surface area contributed by atoms with E-state index in [-0.39, 0.29) is 29.2 Å². The highest BCUT2D eigenvalue weighted by Gasteiger charge is 2.33. The van der Waals surface area contributed by atoms with Gasteiger partial charge in [0.15, 0.2) is 5.78 Å². The zero-order chi connectivity index (χ0) is 24.7. The highest BCUT2D eigenvalue weighted by molar-refractivity contribution is 6.11. The third-order valence-electron chi connectivity index (χ3n) is 6.31. The Morgan fingerprint density at radius 2 is 1.09 bits per heavy atom. The van der Waals surface area contributed by atoms with Gasteiger partial charge >= 0.3 is 0 Å². The Morgan fingerprint density at radius 1 is 0.618 bits per heavy atom. The molecule has 3 rings (SSSR count). The molecule has 34 heavy (non-hydrogen) atoms. The average molecular weight is 451 g/mol. The summed E-state index contributed by atoms with van der Waals surface area (Å²) in [5, 5.41) is 0. The fraction of sp³-hybridized carbons (Fsp3) is 0.194. The van der Waals surface area contributed by atoms with E-state index in [1.54, 1.807) is 43.3 Å². The maximum atomic E-state index is 13.2. The lowest BCUT2D eigenvalue weighted by Gasteiger charge is -2.25. The minimum absolute atomic E-state index is 0.0641. The number of ketones is 3. The normalized spacial score (nSPS) is 14.3. The highest BCUT2D eigenvalue weighted by Crippen LogP contribution is 2.36. The van der Waals surface area contributed by atoms with Crippen LogP contribution in [0.4, 0.5) is 0 Å². The van der Waals surface area contributed by atoms with Gasteiger partial charge in [0.2, 0.25) is 0 Å². The van der Waals surface area contributed by atoms with E-state index in [9.17, 15) is 14.4 Å². The summed E-state index contributed by atoms with van der Waals surface area (Å²) >= 11 is 0. The summed E-state index contributed by atoms with van der Waals surface area (Å²) < 4.78 is 0. The number of hydrogen-bond acceptors (Lipinski definition) is 3. The number of rotatable bonds is 11. The van der Waals surface area contributed by atoms with Gasteiger partial charge in [-0.25, -0.2) is 0 Å². The molecular formula is C31H30O3. The Kier molecular flexibility index (Phi) is 8.26. The number of allylic oxidation sites excluding steroid dienone is 2. The minimum Gasteiger partial charge on any atom is -0.299 e. The van der Waals surface area contributed by atoms with Crippen LogP contribution in [-0.4, -0.2) is 17.3 Å². The van der Waals surface area contributed by atoms with Crippen molar-refractivity contribution in [2.75, 3.05) is 0 Å². The van der Waals surface area contributed by atoms with Crippen molar-refractivity contribution in [3.63, 3.8) is 0 Å². The molecule has 172 valence electrons. The van der Waals surface area contributed by atoms with E-state index < -0.39 is 11.8 Å². The second-order valence-corrected chi connectivity index (χ2v) is 8.51. The summed E-state index contributed by atoms with van der Waals surface area (Å²) in [6.07, 6.45) is 3.46. The molecule has 0 unspecified atom stereocenters. The van der Waals surface area contributed by atoms with E-state index in [1.165, 1.54) is 6.92 Å². The zero-order valence-electron chi connectivity index (χ0n) is 19.7. The van der Waals surface area contributed by atoms with Gasteiger partial charge in [-0.3, -0.25) is 14.4 Å². The van der Waals surface area contributed by atoms with Gasteiger partial charge in [-0.15, -0.1) is 13.2 Å². The average Bonchev–Trinajstić information content (AvgIpc) is 2.86. The van der Waals surface area contributed by atoms with Crippen molar-refractivity contribution in [3.05, 3.63) is 132 Å². The quantitative estimate of drug-likeness (QED) is 0.186. The van der Waals surface area contributed by atoms with Crippen LogP contribution in [-0.2, 0) is 9.59 Å². The fourth-order valence-electron chi connectivity index (χ4n) is 4.61. The summed E-state index contributed by atoms with van der Waals surface area (Å²) in [6.45, 7) is 11.0. The molecule has 0 radical (unpaired) electrons. The van der Waals surface area contributed by atoms with Crippen LogP contribution in [0.15, 0.2) is 110 Å². The molecule has 3 nitrogen and oxygen atoms in total. The first-order chi connectivity index (χ1) is 16.4. The van der Waals surface area contributed by atoms with Crippen molar-refractivity contribution in [1.29, 1.82) is 0 Å². The third kappa shape index (κ3) is 5.37. The van der Waals surface area contributed by atoms with Crippen LogP contribution in [0.3, 0.4) is 0 Å². The van der Waals surface area contributed by atoms with Gasteiger partial charge in [0.05, 0.1) is 11.8 Å². The lowest BCUT2D eigenvalue weighted by atomic mass is 9.77. The molecular weight excluding hydrogens is 420 g/mol. The fourth-order valence-corrected chi connectivity index (χ4v) is 4.61. The number of benzene rings is 3. The first-order valence-corrected chi connectivity index (χ1v) is 11.4. The molecule has 0 saturated heterocycles. The number of hydrogen-bond donors (Lipinski definition) is 0. The second kappa shape index (κ2) is 11.3. The van der Waals surface area contributed by atoms with Crippen LogP contribution in [0, 0.1) is 5.92 Å². The van der Waals surface area contributed by atoms with Gasteiger partial charge in [0, 0.05) is 17.4 Å². The lowest BCUT2D eigenvalue weighted by Crippen LogP contribution is -2.28. The first-order valence-electron chi connectivity index (χ1n) is 11.4. The van der Waals surface area contributed by atoms with Crippen molar-refractivity contribution < 1.29 is 14.4 Å². The van der Waals surface area contributed by atoms with Crippen LogP contribution in [0.1, 0.15) is 58.6 Å². The first kappa shape index (κ1) is 24.8. The Morgan fingerprint density at radius 3 is 1.53 bits per heavy atom. The van der Waals surface area contributed by atoms with Gasteiger partial charge in [-0.1, -0.05) is 97.1 Å². The molecule has 0 spiro atoms. The maximum absolute atomic E-state index is 13.2. The van der Waals surface area contributed by atoms with Crippen LogP contribution >= 0.6 is 0 Å². The van der Waals surface area contributed by atoms with Crippen molar-refractivity contribution in [2.24, 2.45) is 5.92 Å². The maximum Gasteiger partial charge on any atom is 0.174 e. The summed E-state index contributed by atoms with van der Waals surface area (Å²) in [5.41, 5.74) is 3.22. The van der Waals surface area contributed by atoms with Gasteiger partial charge < -0.3 is 0 Å². The molecule has 4 atom stereocenters. The van der Waals surface area contributed by atoms with Crippen LogP contribution in [0.25, 0.3) is 0 Å². The minimum atomic E-state index is -0.852. The van der Waals surface area contributed by atoms with Gasteiger partial charge in [0.25, 0.3) is 0 Å². The number of carbonyl (C=O) groups is 3. The molecule has 0 bridgehead atoms. The second-order valence-electron chi connectivity index (χ2n) is 8.51. The molecule has 0 amide bonds. The van der Waals surface area contributed by atoms with E-state index in [0.717, 1.165) is 16.7 Å². The molecule has 3 aromatic rings. The predicted octanol–water partition coefficient (Wildman–Crippen LogP) is 6.69. The smallest absolute Gasteiger partial charge is 0.174 e. The lowest BCUT2D eigenvalue weighted by molar-refractivity contribution is -0.120. The number of carbonyl (C=O) groups excluding carboxylic acids is 3. The topological polar surface area (TPSA) is 51.2 Å². The van der Waals surface area contributed by atoms with E-state index >= 15 is 0 Å². The zero-order valence-corrected chi connectivity index (χ0v) is 19.7. The van der Waals surface area contributed by atoms with Crippen molar-refractivity contribution in [2.45, 2.75) is 31.6 Å². The van der Waals surface area contributed by atoms with Crippen LogP contribution < -0.4 is 0 Å². The molecule has 0 N–H and O–H groups in total. The van der Waals surface area contributed by atoms with Crippen molar-refractivity contribution in [3.8, 4) is 0 Å². The van der Waals surface area contributed by atoms with E-state index in [0.29, 0.717) is 5.56 Å². The molecule has 0 heterocycles. The van der Waals surface area contributed by atoms with E-state index in [2.05, 4.69) is 13.2 Å². The van der Waals surface area contributed by atoms with Crippen molar-refractivity contribution in [1.82, 2.24) is 0 Å². The Labute approximate surface area is 201 Å². The Bertz CT molecular complexity index is 1160. The SMILES string of the molecule is C=C[C@H](c1ccc([C@@H](C=C)[C@H](C(C)=O)c2ccccc2)cc1)[C@@H](C(C)=O)C(=O)c1ccccc1. The third-order valence-corrected chi connectivity index (χ3v) is 6.31. The molecule has 0 aliphatic carbocycles. The molecule has 0 aromatic heterocycles. The standard InChI is InChI=1S/C31H30O3/c1-5-27(29(21(3)32)25-13-9-7-10-14-25)23-17-19-24(20-18-23)28(6-2)30(22(4)33)31(34)26-15-11-8-12-16-26/h5-20,27-30H,1-2H2,3-4H3/t27-,28-,29-,30-/m1/s1. The van der Waals surface area contributed by atoms with Gasteiger partial charge in [-0.05, 0) is 30.5 Å². The highest BCUT2D eigenvalue weighted by atomic mass is 16.2. The molecule has 0 saturated carbocycles. The molecule has 0 aliphatic heterocycles. The molecule has 3 aromatic carbocycles. The Hall–Kier alpha value is -3.85. The Balaban J connectivity index is 1.95. The van der Waals surface area contributed by atoms with Crippen molar-refractivity contribution >= 4 is 17.3 Å². The summed E-state index contributed by atoms with van der Waals surface area (Å²) in [6, 6.07) is 26.3. The van der Waals surface area contributed by atoms with Crippen LogP contribution in [0.5, 0.6) is 0 Å². The van der Waals surface area contributed by atoms with Gasteiger partial charge in [-0.2, -0.15) is 0 Å². The van der Waals surface area contributed by atoms with E-state index in [4.69, 9.17) is 0 Å². The predicted molar refractivity (Wildman–Crippen MR) is 137 cm³/mol. The molecule has 3 heteroatoms. The molecule has 0 aliphatic rings. The summed E-state index contributed by atoms with van der Waals surface area (Å²) in [7, 11) is 0. The van der Waals surface area contributed by atoms with Gasteiger partial charge in [0.1, 0.15) is 11.6 Å². The number of Topliss-reactive ketones (excluding diaryl/α,β-unsaturated/α-hetero) is 3. The largest absolute Gasteiger partial charge is 0.299 e. The molecule has 0 fully saturated rings. The monoisotopic (exact) mass is 450 g/mol. The van der Waals surface area contributed by atoms with E-state index in [1.807, 2.05) is 60.7 Å². The summed E-state index contributed by atoms with van der Waals surface area (Å²) in [5.74, 6) is -2.21. The van der Waals surface area contributed by atoms with Crippen LogP contribution in [0.2, 0.25) is 0 Å². The summed E-state index contributed by atoms with van der Waals surface area (Å²) in [4.78, 5) is 38.3.